The number of sulfonamides is 1. The second kappa shape index (κ2) is 8.06. The van der Waals surface area contributed by atoms with Crippen LogP contribution in [0, 0.1) is 0 Å². The number of aromatic nitrogens is 1. The summed E-state index contributed by atoms with van der Waals surface area (Å²) in [5.41, 5.74) is 1.90. The predicted molar refractivity (Wildman–Crippen MR) is 111 cm³/mol. The molecule has 2 heterocycles. The van der Waals surface area contributed by atoms with E-state index in [9.17, 15) is 18.6 Å². The average molecular weight is 426 g/mol. The SMILES string of the molecule is COc1cc(C[C@@H]2[C@H](O)c3ccccc3S(=O)(=O)N2Cc2ccncc2)ccc1O. The van der Waals surface area contributed by atoms with Crippen molar-refractivity contribution in [1.29, 1.82) is 0 Å². The lowest BCUT2D eigenvalue weighted by molar-refractivity contribution is 0.0769. The summed E-state index contributed by atoms with van der Waals surface area (Å²) in [6, 6.07) is 14.2. The fourth-order valence-electron chi connectivity index (χ4n) is 3.80. The number of phenols is 1. The highest BCUT2D eigenvalue weighted by Gasteiger charge is 2.43. The summed E-state index contributed by atoms with van der Waals surface area (Å²) >= 11 is 0. The predicted octanol–water partition coefficient (Wildman–Crippen LogP) is 2.65. The van der Waals surface area contributed by atoms with Crippen molar-refractivity contribution in [2.75, 3.05) is 7.11 Å². The van der Waals surface area contributed by atoms with E-state index in [1.165, 1.54) is 23.5 Å². The van der Waals surface area contributed by atoms with Gasteiger partial charge in [0.15, 0.2) is 11.5 Å². The van der Waals surface area contributed by atoms with Crippen LogP contribution in [0.1, 0.15) is 22.8 Å². The molecule has 0 fully saturated rings. The lowest BCUT2D eigenvalue weighted by atomic mass is 9.95. The zero-order valence-corrected chi connectivity index (χ0v) is 17.2. The molecule has 156 valence electrons. The van der Waals surface area contributed by atoms with Crippen LogP contribution >= 0.6 is 0 Å². The number of aromatic hydroxyl groups is 1. The Morgan fingerprint density at radius 2 is 1.80 bits per heavy atom. The first kappa shape index (κ1) is 20.3. The van der Waals surface area contributed by atoms with Gasteiger partial charge in [-0.15, -0.1) is 0 Å². The summed E-state index contributed by atoms with van der Waals surface area (Å²) in [6.45, 7) is 0.107. The molecule has 2 N–H and O–H groups in total. The maximum absolute atomic E-state index is 13.5. The summed E-state index contributed by atoms with van der Waals surface area (Å²) in [6.07, 6.45) is 2.45. The third-order valence-electron chi connectivity index (χ3n) is 5.34. The van der Waals surface area contributed by atoms with Gasteiger partial charge < -0.3 is 14.9 Å². The highest BCUT2D eigenvalue weighted by Crippen LogP contribution is 2.39. The Bertz CT molecular complexity index is 1150. The number of benzene rings is 2. The van der Waals surface area contributed by atoms with E-state index < -0.39 is 22.2 Å². The van der Waals surface area contributed by atoms with E-state index in [-0.39, 0.29) is 23.6 Å². The summed E-state index contributed by atoms with van der Waals surface area (Å²) in [5.74, 6) is 0.291. The quantitative estimate of drug-likeness (QED) is 0.651. The number of phenolic OH excluding ortho intramolecular Hbond substituents is 1. The molecule has 2 atom stereocenters. The fraction of sp³-hybridized carbons (Fsp3) is 0.227. The number of hydrogen-bond acceptors (Lipinski definition) is 6. The van der Waals surface area contributed by atoms with Crippen LogP contribution in [0.5, 0.6) is 11.5 Å². The Hall–Kier alpha value is -2.94. The molecule has 0 amide bonds. The minimum absolute atomic E-state index is 0.00273. The molecule has 1 aliphatic heterocycles. The monoisotopic (exact) mass is 426 g/mol. The summed E-state index contributed by atoms with van der Waals surface area (Å²) < 4.78 is 33.4. The van der Waals surface area contributed by atoms with Gasteiger partial charge in [-0.2, -0.15) is 4.31 Å². The van der Waals surface area contributed by atoms with Crippen molar-refractivity contribution < 1.29 is 23.4 Å². The molecule has 0 saturated heterocycles. The Morgan fingerprint density at radius 1 is 1.07 bits per heavy atom. The molecule has 30 heavy (non-hydrogen) atoms. The highest BCUT2D eigenvalue weighted by molar-refractivity contribution is 7.89. The molecule has 1 aliphatic rings. The van der Waals surface area contributed by atoms with Gasteiger partial charge in [-0.05, 0) is 47.9 Å². The van der Waals surface area contributed by atoms with Gasteiger partial charge in [0.05, 0.1) is 24.2 Å². The minimum atomic E-state index is -3.83. The van der Waals surface area contributed by atoms with Crippen LogP contribution in [-0.4, -0.2) is 41.1 Å². The van der Waals surface area contributed by atoms with Gasteiger partial charge in [0.25, 0.3) is 0 Å². The lowest BCUT2D eigenvalue weighted by Crippen LogP contribution is -2.48. The van der Waals surface area contributed by atoms with Gasteiger partial charge in [0.1, 0.15) is 0 Å². The molecule has 7 nitrogen and oxygen atoms in total. The number of ether oxygens (including phenoxy) is 1. The van der Waals surface area contributed by atoms with Gasteiger partial charge in [0.2, 0.25) is 10.0 Å². The van der Waals surface area contributed by atoms with Crippen LogP contribution in [-0.2, 0) is 23.0 Å². The second-order valence-corrected chi connectivity index (χ2v) is 9.03. The van der Waals surface area contributed by atoms with Crippen molar-refractivity contribution >= 4 is 10.0 Å². The third-order valence-corrected chi connectivity index (χ3v) is 7.28. The first-order valence-electron chi connectivity index (χ1n) is 9.45. The van der Waals surface area contributed by atoms with Crippen molar-refractivity contribution in [1.82, 2.24) is 9.29 Å². The van der Waals surface area contributed by atoms with E-state index in [0.717, 1.165) is 11.1 Å². The fourth-order valence-corrected chi connectivity index (χ4v) is 5.66. The van der Waals surface area contributed by atoms with Gasteiger partial charge in [0, 0.05) is 24.5 Å². The number of nitrogens with zero attached hydrogens (tertiary/aromatic N) is 2. The largest absolute Gasteiger partial charge is 0.504 e. The average Bonchev–Trinajstić information content (AvgIpc) is 2.76. The molecule has 0 saturated carbocycles. The van der Waals surface area contributed by atoms with E-state index in [0.29, 0.717) is 11.3 Å². The van der Waals surface area contributed by atoms with Crippen LogP contribution in [0.2, 0.25) is 0 Å². The molecule has 3 aromatic rings. The van der Waals surface area contributed by atoms with E-state index in [1.807, 2.05) is 0 Å². The summed E-state index contributed by atoms with van der Waals surface area (Å²) in [4.78, 5) is 4.10. The molecule has 2 aromatic carbocycles. The molecule has 1 aromatic heterocycles. The van der Waals surface area contributed by atoms with Crippen LogP contribution in [0.15, 0.2) is 71.9 Å². The smallest absolute Gasteiger partial charge is 0.244 e. The summed E-state index contributed by atoms with van der Waals surface area (Å²) in [5, 5.41) is 21.0. The normalized spacial score (nSPS) is 20.5. The molecule has 4 rings (SSSR count). The van der Waals surface area contributed by atoms with Crippen molar-refractivity contribution in [3.05, 3.63) is 83.7 Å². The molecular formula is C22H22N2O5S. The number of rotatable bonds is 5. The number of aliphatic hydroxyl groups excluding tert-OH is 1. The maximum Gasteiger partial charge on any atom is 0.244 e. The third kappa shape index (κ3) is 3.65. The number of hydrogen-bond donors (Lipinski definition) is 2. The molecule has 0 unspecified atom stereocenters. The van der Waals surface area contributed by atoms with Gasteiger partial charge in [-0.1, -0.05) is 24.3 Å². The highest BCUT2D eigenvalue weighted by atomic mass is 32.2. The number of aliphatic hydroxyl groups is 1. The van der Waals surface area contributed by atoms with Crippen molar-refractivity contribution in [2.45, 2.75) is 30.0 Å². The van der Waals surface area contributed by atoms with Crippen molar-refractivity contribution in [2.24, 2.45) is 0 Å². The van der Waals surface area contributed by atoms with Crippen molar-refractivity contribution in [3.8, 4) is 11.5 Å². The number of pyridine rings is 1. The zero-order chi connectivity index (χ0) is 21.3. The first-order chi connectivity index (χ1) is 14.4. The molecule has 0 aliphatic carbocycles. The lowest BCUT2D eigenvalue weighted by Gasteiger charge is -2.39. The molecular weight excluding hydrogens is 404 g/mol. The zero-order valence-electron chi connectivity index (χ0n) is 16.3. The minimum Gasteiger partial charge on any atom is -0.504 e. The van der Waals surface area contributed by atoms with Crippen LogP contribution in [0.3, 0.4) is 0 Å². The van der Waals surface area contributed by atoms with E-state index in [4.69, 9.17) is 4.74 Å². The molecule has 0 bridgehead atoms. The van der Waals surface area contributed by atoms with Crippen LogP contribution in [0.4, 0.5) is 0 Å². The topological polar surface area (TPSA) is 100.0 Å². The Balaban J connectivity index is 1.78. The van der Waals surface area contributed by atoms with Gasteiger partial charge in [-0.3, -0.25) is 4.98 Å². The molecule has 0 spiro atoms. The van der Waals surface area contributed by atoms with Crippen molar-refractivity contribution in [3.63, 3.8) is 0 Å². The summed E-state index contributed by atoms with van der Waals surface area (Å²) in [7, 11) is -2.39. The van der Waals surface area contributed by atoms with E-state index in [1.54, 1.807) is 54.9 Å². The van der Waals surface area contributed by atoms with E-state index >= 15 is 0 Å². The van der Waals surface area contributed by atoms with Gasteiger partial charge >= 0.3 is 0 Å². The standard InChI is InChI=1S/C22H22N2O5S/c1-29-20-13-16(6-7-19(20)25)12-18-22(26)17-4-2-3-5-21(17)30(27,28)24(18)14-15-8-10-23-11-9-15/h2-11,13,18,22,25-26H,12,14H2,1H3/t18-,22-/m1/s1. The molecule has 8 heteroatoms. The number of methoxy groups -OCH3 is 1. The Kier molecular flexibility index (Phi) is 5.46. The van der Waals surface area contributed by atoms with Crippen LogP contribution < -0.4 is 4.74 Å². The Labute approximate surface area is 175 Å². The first-order valence-corrected chi connectivity index (χ1v) is 10.9. The number of fused-ring (bicyclic) bond motifs is 1. The second-order valence-electron chi connectivity index (χ2n) is 7.17. The van der Waals surface area contributed by atoms with Crippen LogP contribution in [0.25, 0.3) is 0 Å². The molecule has 0 radical (unpaired) electrons. The van der Waals surface area contributed by atoms with E-state index in [2.05, 4.69) is 4.98 Å². The maximum atomic E-state index is 13.5. The van der Waals surface area contributed by atoms with Gasteiger partial charge in [-0.25, -0.2) is 8.42 Å². The Morgan fingerprint density at radius 3 is 2.53 bits per heavy atom.